The van der Waals surface area contributed by atoms with Gasteiger partial charge in [-0.15, -0.1) is 0 Å². The van der Waals surface area contributed by atoms with Gasteiger partial charge < -0.3 is 4.74 Å². The highest BCUT2D eigenvalue weighted by molar-refractivity contribution is 9.10. The second-order valence-electron chi connectivity index (χ2n) is 4.74. The third kappa shape index (κ3) is 4.63. The third-order valence-corrected chi connectivity index (χ3v) is 3.74. The smallest absolute Gasteiger partial charge is 0.310 e. The van der Waals surface area contributed by atoms with Crippen molar-refractivity contribution in [2.45, 2.75) is 13.0 Å². The van der Waals surface area contributed by atoms with Crippen molar-refractivity contribution in [3.8, 4) is 5.75 Å². The van der Waals surface area contributed by atoms with Crippen molar-refractivity contribution in [2.75, 3.05) is 0 Å². The van der Waals surface area contributed by atoms with Crippen molar-refractivity contribution in [3.05, 3.63) is 68.7 Å². The fraction of sp³-hybridized carbons (Fsp3) is 0.125. The number of carbonyl (C=O) groups is 1. The number of hydrogen-bond donors (Lipinski definition) is 1. The number of ether oxygens (including phenoxy) is 1. The Hall–Kier alpha value is -2.74. The second kappa shape index (κ2) is 8.21. The molecule has 0 aliphatic heterocycles. The Morgan fingerprint density at radius 2 is 1.96 bits per heavy atom. The number of amides is 1. The molecular formula is C16H14BrN3O4. The molecule has 0 radical (unpaired) electrons. The predicted molar refractivity (Wildman–Crippen MR) is 93.1 cm³/mol. The van der Waals surface area contributed by atoms with Gasteiger partial charge in [-0.25, -0.2) is 5.43 Å². The SMILES string of the molecule is C[C@@H](Oc1ccccc1[N+](=O)[O-])C(=O)N/N=C\c1ccccc1Br. The van der Waals surface area contributed by atoms with Crippen molar-refractivity contribution < 1.29 is 14.5 Å². The molecule has 0 aliphatic rings. The third-order valence-electron chi connectivity index (χ3n) is 3.02. The topological polar surface area (TPSA) is 93.8 Å². The Kier molecular flexibility index (Phi) is 6.02. The summed E-state index contributed by atoms with van der Waals surface area (Å²) in [4.78, 5) is 22.3. The van der Waals surface area contributed by atoms with Crippen LogP contribution in [0.2, 0.25) is 0 Å². The monoisotopic (exact) mass is 391 g/mol. The van der Waals surface area contributed by atoms with Gasteiger partial charge in [0.2, 0.25) is 0 Å². The number of para-hydroxylation sites is 2. The molecule has 7 nitrogen and oxygen atoms in total. The molecule has 8 heteroatoms. The summed E-state index contributed by atoms with van der Waals surface area (Å²) in [7, 11) is 0. The van der Waals surface area contributed by atoms with E-state index in [4.69, 9.17) is 4.74 Å². The average Bonchev–Trinajstić information content (AvgIpc) is 2.56. The van der Waals surface area contributed by atoms with Crippen LogP contribution in [-0.4, -0.2) is 23.1 Å². The molecule has 0 bridgehead atoms. The minimum Gasteiger partial charge on any atom is -0.474 e. The summed E-state index contributed by atoms with van der Waals surface area (Å²) in [5.74, 6) is -0.489. The Morgan fingerprint density at radius 1 is 1.29 bits per heavy atom. The number of benzene rings is 2. The van der Waals surface area contributed by atoms with Crippen molar-refractivity contribution in [2.24, 2.45) is 5.10 Å². The number of hydrogen-bond acceptors (Lipinski definition) is 5. The Balaban J connectivity index is 1.98. The molecule has 0 fully saturated rings. The molecule has 0 spiro atoms. The lowest BCUT2D eigenvalue weighted by atomic mass is 10.2. The molecule has 2 aromatic rings. The molecule has 1 N–H and O–H groups in total. The molecule has 124 valence electrons. The van der Waals surface area contributed by atoms with Crippen molar-refractivity contribution in [1.82, 2.24) is 5.43 Å². The minimum atomic E-state index is -0.942. The summed E-state index contributed by atoms with van der Waals surface area (Å²) in [6.45, 7) is 1.49. The number of rotatable bonds is 6. The van der Waals surface area contributed by atoms with E-state index in [0.717, 1.165) is 10.0 Å². The second-order valence-corrected chi connectivity index (χ2v) is 5.60. The van der Waals surface area contributed by atoms with E-state index in [1.165, 1.54) is 31.3 Å². The number of nitro benzene ring substituents is 1. The van der Waals surface area contributed by atoms with Gasteiger partial charge in [0.05, 0.1) is 11.1 Å². The fourth-order valence-electron chi connectivity index (χ4n) is 1.79. The lowest BCUT2D eigenvalue weighted by molar-refractivity contribution is -0.386. The van der Waals surface area contributed by atoms with Crippen LogP contribution < -0.4 is 10.2 Å². The van der Waals surface area contributed by atoms with E-state index in [1.54, 1.807) is 6.07 Å². The van der Waals surface area contributed by atoms with Gasteiger partial charge in [0.1, 0.15) is 0 Å². The van der Waals surface area contributed by atoms with Crippen molar-refractivity contribution in [1.29, 1.82) is 0 Å². The summed E-state index contributed by atoms with van der Waals surface area (Å²) in [6, 6.07) is 13.3. The van der Waals surface area contributed by atoms with E-state index in [1.807, 2.05) is 24.3 Å². The molecule has 1 atom stereocenters. The highest BCUT2D eigenvalue weighted by Gasteiger charge is 2.20. The highest BCUT2D eigenvalue weighted by atomic mass is 79.9. The van der Waals surface area contributed by atoms with Gasteiger partial charge in [0.25, 0.3) is 5.91 Å². The number of nitrogens with zero attached hydrogens (tertiary/aromatic N) is 2. The number of carbonyl (C=O) groups excluding carboxylic acids is 1. The first-order valence-corrected chi connectivity index (χ1v) is 7.76. The van der Waals surface area contributed by atoms with Gasteiger partial charge in [-0.2, -0.15) is 5.10 Å². The molecule has 0 heterocycles. The summed E-state index contributed by atoms with van der Waals surface area (Å²) >= 11 is 3.37. The maximum atomic E-state index is 12.0. The number of halogens is 1. The van der Waals surface area contributed by atoms with E-state index in [9.17, 15) is 14.9 Å². The van der Waals surface area contributed by atoms with Crippen molar-refractivity contribution in [3.63, 3.8) is 0 Å². The largest absolute Gasteiger partial charge is 0.474 e. The van der Waals surface area contributed by atoms with Gasteiger partial charge in [-0.1, -0.05) is 46.3 Å². The Labute approximate surface area is 146 Å². The maximum Gasteiger partial charge on any atom is 0.310 e. The van der Waals surface area contributed by atoms with Gasteiger partial charge in [-0.05, 0) is 19.1 Å². The predicted octanol–water partition coefficient (Wildman–Crippen LogP) is 3.27. The summed E-state index contributed by atoms with van der Waals surface area (Å²) < 4.78 is 6.20. The van der Waals surface area contributed by atoms with E-state index >= 15 is 0 Å². The van der Waals surface area contributed by atoms with Crippen LogP contribution in [0, 0.1) is 10.1 Å². The lowest BCUT2D eigenvalue weighted by Crippen LogP contribution is -2.33. The zero-order valence-corrected chi connectivity index (χ0v) is 14.3. The van der Waals surface area contributed by atoms with Crippen LogP contribution in [0.5, 0.6) is 5.75 Å². The average molecular weight is 392 g/mol. The standard InChI is InChI=1S/C16H14BrN3O4/c1-11(24-15-9-5-4-8-14(15)20(22)23)16(21)19-18-10-12-6-2-3-7-13(12)17/h2-11H,1H3,(H,19,21)/b18-10-/t11-/m1/s1. The Morgan fingerprint density at radius 3 is 2.67 bits per heavy atom. The lowest BCUT2D eigenvalue weighted by Gasteiger charge is -2.12. The van der Waals surface area contributed by atoms with Crippen LogP contribution >= 0.6 is 15.9 Å². The molecule has 2 rings (SSSR count). The zero-order chi connectivity index (χ0) is 17.5. The number of nitro groups is 1. The van der Waals surface area contributed by atoms with Gasteiger partial charge in [0, 0.05) is 16.1 Å². The highest BCUT2D eigenvalue weighted by Crippen LogP contribution is 2.26. The first-order chi connectivity index (χ1) is 11.5. The quantitative estimate of drug-likeness (QED) is 0.464. The fourth-order valence-corrected chi connectivity index (χ4v) is 2.17. The van der Waals surface area contributed by atoms with Gasteiger partial charge in [0.15, 0.2) is 11.9 Å². The van der Waals surface area contributed by atoms with E-state index < -0.39 is 16.9 Å². The van der Waals surface area contributed by atoms with Gasteiger partial charge >= 0.3 is 5.69 Å². The molecule has 2 aromatic carbocycles. The van der Waals surface area contributed by atoms with Crippen LogP contribution in [-0.2, 0) is 4.79 Å². The molecule has 0 unspecified atom stereocenters. The first-order valence-electron chi connectivity index (χ1n) is 6.96. The minimum absolute atomic E-state index is 0.0277. The molecule has 0 saturated heterocycles. The van der Waals surface area contributed by atoms with Crippen LogP contribution in [0.3, 0.4) is 0 Å². The molecule has 24 heavy (non-hydrogen) atoms. The number of nitrogens with one attached hydrogen (secondary N) is 1. The van der Waals surface area contributed by atoms with Crippen LogP contribution in [0.25, 0.3) is 0 Å². The number of hydrazone groups is 1. The normalized spacial score (nSPS) is 11.9. The van der Waals surface area contributed by atoms with Crippen molar-refractivity contribution >= 4 is 33.7 Å². The Bertz CT molecular complexity index is 779. The summed E-state index contributed by atoms with van der Waals surface area (Å²) in [5, 5.41) is 14.8. The molecular weight excluding hydrogens is 378 g/mol. The van der Waals surface area contributed by atoms with E-state index in [0.29, 0.717) is 0 Å². The van der Waals surface area contributed by atoms with E-state index in [-0.39, 0.29) is 11.4 Å². The summed E-state index contributed by atoms with van der Waals surface area (Å²) in [6.07, 6.45) is 0.544. The van der Waals surface area contributed by atoms with Crippen LogP contribution in [0.15, 0.2) is 58.1 Å². The molecule has 0 aliphatic carbocycles. The van der Waals surface area contributed by atoms with E-state index in [2.05, 4.69) is 26.5 Å². The molecule has 0 aromatic heterocycles. The molecule has 0 saturated carbocycles. The molecule has 1 amide bonds. The first kappa shape index (κ1) is 17.6. The van der Waals surface area contributed by atoms with Crippen LogP contribution in [0.1, 0.15) is 12.5 Å². The van der Waals surface area contributed by atoms with Crippen LogP contribution in [0.4, 0.5) is 5.69 Å². The maximum absolute atomic E-state index is 12.0. The summed E-state index contributed by atoms with van der Waals surface area (Å²) in [5.41, 5.74) is 2.94. The zero-order valence-electron chi connectivity index (χ0n) is 12.7. The van der Waals surface area contributed by atoms with Gasteiger partial charge in [-0.3, -0.25) is 14.9 Å².